The smallest absolute Gasteiger partial charge is 0.257 e. The third-order valence-electron chi connectivity index (χ3n) is 3.39. The molecule has 2 heterocycles. The summed E-state index contributed by atoms with van der Waals surface area (Å²) >= 11 is 0. The molecule has 1 aromatic carbocycles. The van der Waals surface area contributed by atoms with Crippen LogP contribution in [0.3, 0.4) is 0 Å². The third kappa shape index (κ3) is 3.28. The van der Waals surface area contributed by atoms with Crippen molar-refractivity contribution in [3.05, 3.63) is 53.0 Å². The molecule has 0 bridgehead atoms. The first-order valence-electron chi connectivity index (χ1n) is 7.15. The van der Waals surface area contributed by atoms with E-state index in [1.165, 1.54) is 0 Å². The van der Waals surface area contributed by atoms with E-state index in [0.717, 1.165) is 17.0 Å². The molecule has 0 saturated carbocycles. The lowest BCUT2D eigenvalue weighted by molar-refractivity contribution is 0.0947. The zero-order chi connectivity index (χ0) is 16.4. The molecule has 7 nitrogen and oxygen atoms in total. The molecular weight excluding hydrogens is 296 g/mol. The normalized spacial score (nSPS) is 10.7. The summed E-state index contributed by atoms with van der Waals surface area (Å²) in [5.41, 5.74) is 2.12. The van der Waals surface area contributed by atoms with Crippen LogP contribution in [0.4, 0.5) is 0 Å². The molecule has 0 radical (unpaired) electrons. The lowest BCUT2D eigenvalue weighted by Gasteiger charge is -2.03. The van der Waals surface area contributed by atoms with Gasteiger partial charge in [-0.3, -0.25) is 4.79 Å². The summed E-state index contributed by atoms with van der Waals surface area (Å²) in [6, 6.07) is 6.94. The number of carbonyl (C=O) groups is 1. The number of hydrogen-bond donors (Lipinski definition) is 1. The number of aryl methyl sites for hydroxylation is 3. The molecule has 7 heteroatoms. The van der Waals surface area contributed by atoms with Crippen LogP contribution in [0, 0.1) is 20.8 Å². The fourth-order valence-corrected chi connectivity index (χ4v) is 2.05. The van der Waals surface area contributed by atoms with E-state index in [4.69, 9.17) is 8.94 Å². The average molecular weight is 312 g/mol. The van der Waals surface area contributed by atoms with Gasteiger partial charge in [-0.25, -0.2) is 4.98 Å². The van der Waals surface area contributed by atoms with Crippen LogP contribution in [0.1, 0.15) is 33.5 Å². The molecule has 0 saturated heterocycles. The first kappa shape index (κ1) is 15.0. The van der Waals surface area contributed by atoms with Crippen molar-refractivity contribution < 1.29 is 13.7 Å². The molecule has 0 atom stereocenters. The molecule has 118 valence electrons. The first-order valence-corrected chi connectivity index (χ1v) is 7.15. The Morgan fingerprint density at radius 2 is 1.87 bits per heavy atom. The monoisotopic (exact) mass is 312 g/mol. The van der Waals surface area contributed by atoms with Crippen molar-refractivity contribution in [2.24, 2.45) is 0 Å². The number of oxazole rings is 1. The van der Waals surface area contributed by atoms with Gasteiger partial charge >= 0.3 is 0 Å². The average Bonchev–Trinajstić information content (AvgIpc) is 3.11. The van der Waals surface area contributed by atoms with E-state index < -0.39 is 0 Å². The van der Waals surface area contributed by atoms with Crippen LogP contribution in [0.25, 0.3) is 11.5 Å². The Labute approximate surface area is 132 Å². The van der Waals surface area contributed by atoms with E-state index in [-0.39, 0.29) is 12.5 Å². The lowest BCUT2D eigenvalue weighted by Crippen LogP contribution is -2.22. The zero-order valence-corrected chi connectivity index (χ0v) is 13.1. The van der Waals surface area contributed by atoms with Gasteiger partial charge in [0.15, 0.2) is 5.82 Å². The molecule has 0 aliphatic rings. The summed E-state index contributed by atoms with van der Waals surface area (Å²) in [5.74, 6) is 2.05. The maximum atomic E-state index is 12.1. The van der Waals surface area contributed by atoms with Crippen LogP contribution in [-0.4, -0.2) is 21.0 Å². The van der Waals surface area contributed by atoms with Gasteiger partial charge in [-0.1, -0.05) is 5.16 Å². The standard InChI is InChI=1S/C16H16N4O3/c1-9-10(2)22-14(18-9)8-17-15(21)12-4-6-13(7-5-12)16-19-11(3)20-23-16/h4-7H,8H2,1-3H3,(H,17,21). The molecule has 1 amide bonds. The van der Waals surface area contributed by atoms with E-state index >= 15 is 0 Å². The molecule has 2 aromatic heterocycles. The van der Waals surface area contributed by atoms with Crippen molar-refractivity contribution in [3.8, 4) is 11.5 Å². The molecule has 0 aliphatic heterocycles. The molecule has 0 fully saturated rings. The van der Waals surface area contributed by atoms with Crippen molar-refractivity contribution in [1.29, 1.82) is 0 Å². The Balaban J connectivity index is 1.65. The number of benzene rings is 1. The summed E-state index contributed by atoms with van der Waals surface area (Å²) < 4.78 is 10.5. The summed E-state index contributed by atoms with van der Waals surface area (Å²) in [4.78, 5) is 20.5. The van der Waals surface area contributed by atoms with E-state index in [9.17, 15) is 4.79 Å². The van der Waals surface area contributed by atoms with Crippen molar-refractivity contribution in [2.45, 2.75) is 27.3 Å². The minimum Gasteiger partial charge on any atom is -0.444 e. The highest BCUT2D eigenvalue weighted by atomic mass is 16.5. The Hall–Kier alpha value is -2.96. The lowest BCUT2D eigenvalue weighted by atomic mass is 10.1. The first-order chi connectivity index (χ1) is 11.0. The molecule has 23 heavy (non-hydrogen) atoms. The minimum absolute atomic E-state index is 0.202. The molecular formula is C16H16N4O3. The molecule has 1 N–H and O–H groups in total. The number of rotatable bonds is 4. The summed E-state index contributed by atoms with van der Waals surface area (Å²) in [5, 5.41) is 6.51. The van der Waals surface area contributed by atoms with Crippen LogP contribution in [-0.2, 0) is 6.54 Å². The van der Waals surface area contributed by atoms with E-state index in [1.54, 1.807) is 31.2 Å². The van der Waals surface area contributed by atoms with Gasteiger partial charge in [0.25, 0.3) is 11.8 Å². The maximum absolute atomic E-state index is 12.1. The number of nitrogens with one attached hydrogen (secondary N) is 1. The van der Waals surface area contributed by atoms with Gasteiger partial charge in [0, 0.05) is 11.1 Å². The van der Waals surface area contributed by atoms with Crippen molar-refractivity contribution in [1.82, 2.24) is 20.4 Å². The fraction of sp³-hybridized carbons (Fsp3) is 0.250. The van der Waals surface area contributed by atoms with Gasteiger partial charge in [-0.2, -0.15) is 4.98 Å². The van der Waals surface area contributed by atoms with Crippen molar-refractivity contribution in [2.75, 3.05) is 0 Å². The molecule has 3 rings (SSSR count). The van der Waals surface area contributed by atoms with Crippen LogP contribution >= 0.6 is 0 Å². The maximum Gasteiger partial charge on any atom is 0.257 e. The highest BCUT2D eigenvalue weighted by Gasteiger charge is 2.11. The van der Waals surface area contributed by atoms with E-state index in [1.807, 2.05) is 13.8 Å². The predicted molar refractivity (Wildman–Crippen MR) is 81.6 cm³/mol. The van der Waals surface area contributed by atoms with Crippen LogP contribution in [0.5, 0.6) is 0 Å². The van der Waals surface area contributed by atoms with Crippen LogP contribution in [0.2, 0.25) is 0 Å². The topological polar surface area (TPSA) is 94.1 Å². The Kier molecular flexibility index (Phi) is 3.92. The molecule has 0 aliphatic carbocycles. The molecule has 0 spiro atoms. The molecule has 3 aromatic rings. The fourth-order valence-electron chi connectivity index (χ4n) is 2.05. The quantitative estimate of drug-likeness (QED) is 0.795. The Morgan fingerprint density at radius 3 is 2.43 bits per heavy atom. The number of hydrogen-bond acceptors (Lipinski definition) is 6. The summed E-state index contributed by atoms with van der Waals surface area (Å²) in [6.45, 7) is 5.70. The van der Waals surface area contributed by atoms with Gasteiger partial charge in [0.05, 0.1) is 12.2 Å². The third-order valence-corrected chi connectivity index (χ3v) is 3.39. The van der Waals surface area contributed by atoms with Gasteiger partial charge < -0.3 is 14.3 Å². The second kappa shape index (κ2) is 6.04. The van der Waals surface area contributed by atoms with E-state index in [2.05, 4.69) is 20.4 Å². The van der Waals surface area contributed by atoms with Crippen molar-refractivity contribution in [3.63, 3.8) is 0 Å². The SMILES string of the molecule is Cc1noc(-c2ccc(C(=O)NCc3nc(C)c(C)o3)cc2)n1. The second-order valence-electron chi connectivity index (χ2n) is 5.16. The van der Waals surface area contributed by atoms with Gasteiger partial charge in [0.2, 0.25) is 5.89 Å². The van der Waals surface area contributed by atoms with E-state index in [0.29, 0.717) is 23.2 Å². The number of amides is 1. The number of carbonyl (C=O) groups excluding carboxylic acids is 1. The Bertz CT molecular complexity index is 814. The second-order valence-corrected chi connectivity index (χ2v) is 5.16. The zero-order valence-electron chi connectivity index (χ0n) is 13.1. The van der Waals surface area contributed by atoms with Crippen LogP contribution in [0.15, 0.2) is 33.2 Å². The summed E-state index contributed by atoms with van der Waals surface area (Å²) in [7, 11) is 0. The molecule has 0 unspecified atom stereocenters. The predicted octanol–water partition coefficient (Wildman–Crippen LogP) is 2.58. The largest absolute Gasteiger partial charge is 0.444 e. The highest BCUT2D eigenvalue weighted by molar-refractivity contribution is 5.94. The van der Waals surface area contributed by atoms with Crippen molar-refractivity contribution >= 4 is 5.91 Å². The van der Waals surface area contributed by atoms with Gasteiger partial charge in [-0.05, 0) is 45.0 Å². The van der Waals surface area contributed by atoms with Gasteiger partial charge in [-0.15, -0.1) is 0 Å². The highest BCUT2D eigenvalue weighted by Crippen LogP contribution is 2.17. The van der Waals surface area contributed by atoms with Gasteiger partial charge in [0.1, 0.15) is 5.76 Å². The number of nitrogens with zero attached hydrogens (tertiary/aromatic N) is 3. The Morgan fingerprint density at radius 1 is 1.13 bits per heavy atom. The summed E-state index contributed by atoms with van der Waals surface area (Å²) in [6.07, 6.45) is 0. The minimum atomic E-state index is -0.202. The number of aromatic nitrogens is 3. The van der Waals surface area contributed by atoms with Crippen LogP contribution < -0.4 is 5.32 Å².